The van der Waals surface area contributed by atoms with Crippen molar-refractivity contribution in [2.75, 3.05) is 5.32 Å². The first-order valence-electron chi connectivity index (χ1n) is 7.36. The normalized spacial score (nSPS) is 13.5. The van der Waals surface area contributed by atoms with Crippen LogP contribution in [0.15, 0.2) is 24.3 Å². The fraction of sp³-hybridized carbons (Fsp3) is 0.500. The Kier molecular flexibility index (Phi) is 6.88. The van der Waals surface area contributed by atoms with Gasteiger partial charge in [-0.15, -0.1) is 0 Å². The van der Waals surface area contributed by atoms with Crippen LogP contribution in [0.5, 0.6) is 0 Å². The van der Waals surface area contributed by atoms with Crippen LogP contribution >= 0.6 is 0 Å². The molecule has 0 heterocycles. The molecule has 0 radical (unpaired) electrons. The summed E-state index contributed by atoms with van der Waals surface area (Å²) in [7, 11) is 0. The Bertz CT molecular complexity index is 471. The van der Waals surface area contributed by atoms with Crippen molar-refractivity contribution in [3.63, 3.8) is 0 Å². The lowest BCUT2D eigenvalue weighted by Crippen LogP contribution is -2.47. The van der Waals surface area contributed by atoms with Gasteiger partial charge >= 0.3 is 5.97 Å². The van der Waals surface area contributed by atoms with Crippen LogP contribution in [0.1, 0.15) is 39.2 Å². The van der Waals surface area contributed by atoms with Crippen LogP contribution < -0.4 is 10.6 Å². The topological polar surface area (TPSA) is 78.4 Å². The number of aliphatic carboxylic acids is 1. The SMILES string of the molecule is CCCC(NC(C)C(=O)Nc1ccc(CC)cc1)C(=O)O. The number of anilines is 1. The van der Waals surface area contributed by atoms with Gasteiger partial charge in [0.15, 0.2) is 0 Å². The highest BCUT2D eigenvalue weighted by Gasteiger charge is 2.22. The number of carbonyl (C=O) groups excluding carboxylic acids is 1. The van der Waals surface area contributed by atoms with Crippen LogP contribution in [0, 0.1) is 0 Å². The summed E-state index contributed by atoms with van der Waals surface area (Å²) in [6.45, 7) is 5.65. The minimum atomic E-state index is -0.927. The average Bonchev–Trinajstić information content (AvgIpc) is 2.47. The van der Waals surface area contributed by atoms with Crippen molar-refractivity contribution in [2.45, 2.75) is 52.1 Å². The van der Waals surface area contributed by atoms with Crippen LogP contribution in [-0.2, 0) is 16.0 Å². The summed E-state index contributed by atoms with van der Waals surface area (Å²) >= 11 is 0. The molecule has 21 heavy (non-hydrogen) atoms. The predicted octanol–water partition coefficient (Wildman–Crippen LogP) is 2.42. The van der Waals surface area contributed by atoms with Gasteiger partial charge in [0.25, 0.3) is 0 Å². The van der Waals surface area contributed by atoms with Gasteiger partial charge in [-0.1, -0.05) is 32.4 Å². The maximum absolute atomic E-state index is 12.1. The molecule has 3 N–H and O–H groups in total. The molecule has 0 bridgehead atoms. The molecule has 116 valence electrons. The van der Waals surface area contributed by atoms with Gasteiger partial charge in [0.2, 0.25) is 5.91 Å². The van der Waals surface area contributed by atoms with E-state index in [0.29, 0.717) is 12.1 Å². The summed E-state index contributed by atoms with van der Waals surface area (Å²) in [5.74, 6) is -1.16. The van der Waals surface area contributed by atoms with Gasteiger partial charge in [0.05, 0.1) is 6.04 Å². The zero-order chi connectivity index (χ0) is 15.8. The van der Waals surface area contributed by atoms with Crippen LogP contribution in [0.2, 0.25) is 0 Å². The maximum Gasteiger partial charge on any atom is 0.320 e. The fourth-order valence-electron chi connectivity index (χ4n) is 2.02. The lowest BCUT2D eigenvalue weighted by Gasteiger charge is -2.19. The van der Waals surface area contributed by atoms with Gasteiger partial charge in [-0.05, 0) is 37.5 Å². The van der Waals surface area contributed by atoms with E-state index in [-0.39, 0.29) is 5.91 Å². The number of aryl methyl sites for hydroxylation is 1. The van der Waals surface area contributed by atoms with Gasteiger partial charge in [-0.2, -0.15) is 0 Å². The molecule has 1 aromatic carbocycles. The minimum absolute atomic E-state index is 0.235. The zero-order valence-corrected chi connectivity index (χ0v) is 12.8. The molecule has 0 saturated heterocycles. The monoisotopic (exact) mass is 292 g/mol. The lowest BCUT2D eigenvalue weighted by atomic mass is 10.1. The lowest BCUT2D eigenvalue weighted by molar-refractivity contribution is -0.140. The molecular weight excluding hydrogens is 268 g/mol. The Morgan fingerprint density at radius 3 is 2.29 bits per heavy atom. The van der Waals surface area contributed by atoms with Crippen molar-refractivity contribution in [3.05, 3.63) is 29.8 Å². The molecule has 0 aliphatic carbocycles. The number of hydrogen-bond donors (Lipinski definition) is 3. The number of carboxylic acids is 1. The Morgan fingerprint density at radius 1 is 1.19 bits per heavy atom. The molecule has 5 heteroatoms. The Hall–Kier alpha value is -1.88. The van der Waals surface area contributed by atoms with Gasteiger partial charge < -0.3 is 10.4 Å². The number of nitrogens with one attached hydrogen (secondary N) is 2. The van der Waals surface area contributed by atoms with Crippen molar-refractivity contribution in [3.8, 4) is 0 Å². The second kappa shape index (κ2) is 8.42. The highest BCUT2D eigenvalue weighted by Crippen LogP contribution is 2.10. The second-order valence-electron chi connectivity index (χ2n) is 5.11. The summed E-state index contributed by atoms with van der Waals surface area (Å²) in [5.41, 5.74) is 1.92. The third-order valence-electron chi connectivity index (χ3n) is 3.35. The number of carboxylic acid groups (broad SMARTS) is 1. The van der Waals surface area contributed by atoms with Gasteiger partial charge in [0, 0.05) is 5.69 Å². The van der Waals surface area contributed by atoms with Gasteiger partial charge in [-0.25, -0.2) is 0 Å². The first-order chi connectivity index (χ1) is 9.97. The molecule has 1 rings (SSSR count). The highest BCUT2D eigenvalue weighted by molar-refractivity contribution is 5.94. The summed E-state index contributed by atoms with van der Waals surface area (Å²) in [5, 5.41) is 14.7. The summed E-state index contributed by atoms with van der Waals surface area (Å²) < 4.78 is 0. The Balaban J connectivity index is 2.58. The third-order valence-corrected chi connectivity index (χ3v) is 3.35. The van der Waals surface area contributed by atoms with Crippen molar-refractivity contribution < 1.29 is 14.7 Å². The first kappa shape index (κ1) is 17.2. The van der Waals surface area contributed by atoms with Crippen LogP contribution in [0.3, 0.4) is 0 Å². The maximum atomic E-state index is 12.1. The number of rotatable bonds is 8. The number of benzene rings is 1. The van der Waals surface area contributed by atoms with E-state index in [0.717, 1.165) is 12.8 Å². The van der Waals surface area contributed by atoms with Crippen LogP contribution in [-0.4, -0.2) is 29.1 Å². The first-order valence-corrected chi connectivity index (χ1v) is 7.36. The zero-order valence-electron chi connectivity index (χ0n) is 12.8. The largest absolute Gasteiger partial charge is 0.480 e. The van der Waals surface area contributed by atoms with E-state index in [2.05, 4.69) is 17.6 Å². The molecule has 2 atom stereocenters. The molecule has 1 amide bonds. The molecule has 5 nitrogen and oxygen atoms in total. The number of amides is 1. The highest BCUT2D eigenvalue weighted by atomic mass is 16.4. The van der Waals surface area contributed by atoms with E-state index >= 15 is 0 Å². The summed E-state index contributed by atoms with van der Waals surface area (Å²) in [6, 6.07) is 6.37. The number of carbonyl (C=O) groups is 2. The van der Waals surface area contributed by atoms with Gasteiger partial charge in [-0.3, -0.25) is 14.9 Å². The standard InChI is InChI=1S/C16H24N2O3/c1-4-6-14(16(20)21)17-11(3)15(19)18-13-9-7-12(5-2)8-10-13/h7-11,14,17H,4-6H2,1-3H3,(H,18,19)(H,20,21). The Labute approximate surface area is 125 Å². The average molecular weight is 292 g/mol. The van der Waals surface area contributed by atoms with Crippen molar-refractivity contribution in [2.24, 2.45) is 0 Å². The summed E-state index contributed by atoms with van der Waals surface area (Å²) in [6.07, 6.45) is 2.19. The molecule has 0 saturated carbocycles. The summed E-state index contributed by atoms with van der Waals surface area (Å²) in [4.78, 5) is 23.1. The quantitative estimate of drug-likeness (QED) is 0.687. The van der Waals surface area contributed by atoms with E-state index in [4.69, 9.17) is 5.11 Å². The van der Waals surface area contributed by atoms with E-state index in [1.807, 2.05) is 31.2 Å². The third kappa shape index (κ3) is 5.55. The predicted molar refractivity (Wildman–Crippen MR) is 83.4 cm³/mol. The molecule has 2 unspecified atom stereocenters. The molecular formula is C16H24N2O3. The second-order valence-corrected chi connectivity index (χ2v) is 5.11. The smallest absolute Gasteiger partial charge is 0.320 e. The fourth-order valence-corrected chi connectivity index (χ4v) is 2.02. The Morgan fingerprint density at radius 2 is 1.81 bits per heavy atom. The molecule has 0 aromatic heterocycles. The van der Waals surface area contributed by atoms with Crippen molar-refractivity contribution >= 4 is 17.6 Å². The number of hydrogen-bond acceptors (Lipinski definition) is 3. The molecule has 0 aliphatic rings. The molecule has 0 aliphatic heterocycles. The van der Waals surface area contributed by atoms with Crippen LogP contribution in [0.25, 0.3) is 0 Å². The minimum Gasteiger partial charge on any atom is -0.480 e. The van der Waals surface area contributed by atoms with E-state index < -0.39 is 18.1 Å². The molecule has 0 fully saturated rings. The van der Waals surface area contributed by atoms with Crippen LogP contribution in [0.4, 0.5) is 5.69 Å². The van der Waals surface area contributed by atoms with E-state index in [1.54, 1.807) is 6.92 Å². The van der Waals surface area contributed by atoms with Gasteiger partial charge in [0.1, 0.15) is 6.04 Å². The van der Waals surface area contributed by atoms with Crippen molar-refractivity contribution in [1.29, 1.82) is 0 Å². The molecule has 0 spiro atoms. The van der Waals surface area contributed by atoms with E-state index in [9.17, 15) is 9.59 Å². The van der Waals surface area contributed by atoms with E-state index in [1.165, 1.54) is 5.56 Å². The van der Waals surface area contributed by atoms with Crippen molar-refractivity contribution in [1.82, 2.24) is 5.32 Å². The molecule has 1 aromatic rings.